The molecule has 0 unspecified atom stereocenters. The molecule has 1 amide bonds. The van der Waals surface area contributed by atoms with E-state index in [0.717, 1.165) is 0 Å². The fraction of sp³-hybridized carbons (Fsp3) is 0.167. The van der Waals surface area contributed by atoms with E-state index in [1.165, 1.54) is 20.4 Å². The summed E-state index contributed by atoms with van der Waals surface area (Å²) < 4.78 is 15.8. The molecule has 1 N–H and O–H groups in total. The van der Waals surface area contributed by atoms with Crippen LogP contribution >= 0.6 is 27.5 Å². The Labute approximate surface area is 169 Å². The van der Waals surface area contributed by atoms with Gasteiger partial charge in [0.15, 0.2) is 18.1 Å². The molecule has 0 aromatic heterocycles. The van der Waals surface area contributed by atoms with Crippen molar-refractivity contribution in [1.82, 2.24) is 5.43 Å². The Morgan fingerprint density at radius 1 is 1.22 bits per heavy atom. The quantitative estimate of drug-likeness (QED) is 0.393. The molecule has 0 fully saturated rings. The molecule has 9 heteroatoms. The van der Waals surface area contributed by atoms with Gasteiger partial charge in [0.25, 0.3) is 5.91 Å². The minimum atomic E-state index is -0.514. The molecule has 0 saturated heterocycles. The number of esters is 1. The van der Waals surface area contributed by atoms with Crippen LogP contribution in [0.2, 0.25) is 5.02 Å². The van der Waals surface area contributed by atoms with Gasteiger partial charge in [-0.05, 0) is 57.9 Å². The normalized spacial score (nSPS) is 10.5. The van der Waals surface area contributed by atoms with Crippen molar-refractivity contribution < 1.29 is 23.8 Å². The van der Waals surface area contributed by atoms with Gasteiger partial charge in [-0.1, -0.05) is 11.6 Å². The number of hydrogen-bond donors (Lipinski definition) is 1. The first-order chi connectivity index (χ1) is 12.9. The highest BCUT2D eigenvalue weighted by molar-refractivity contribution is 9.10. The van der Waals surface area contributed by atoms with E-state index >= 15 is 0 Å². The molecule has 0 spiro atoms. The lowest BCUT2D eigenvalue weighted by Gasteiger charge is -2.12. The maximum Gasteiger partial charge on any atom is 0.343 e. The molecular formula is C18H16BrClN2O5. The average molecular weight is 456 g/mol. The molecule has 27 heavy (non-hydrogen) atoms. The number of carbonyl (C=O) groups is 2. The summed E-state index contributed by atoms with van der Waals surface area (Å²) in [5.41, 5.74) is 3.50. The van der Waals surface area contributed by atoms with Crippen molar-refractivity contribution in [3.8, 4) is 11.5 Å². The highest BCUT2D eigenvalue weighted by Crippen LogP contribution is 2.36. The second-order valence-corrected chi connectivity index (χ2v) is 6.40. The van der Waals surface area contributed by atoms with E-state index in [-0.39, 0.29) is 12.5 Å². The van der Waals surface area contributed by atoms with Crippen LogP contribution in [0.1, 0.15) is 15.9 Å². The van der Waals surface area contributed by atoms with Crippen molar-refractivity contribution in [3.05, 3.63) is 57.0 Å². The molecule has 0 heterocycles. The van der Waals surface area contributed by atoms with Crippen molar-refractivity contribution in [2.24, 2.45) is 5.10 Å². The monoisotopic (exact) mass is 454 g/mol. The molecule has 7 nitrogen and oxygen atoms in total. The summed E-state index contributed by atoms with van der Waals surface area (Å²) in [6, 6.07) is 9.79. The Kier molecular flexibility index (Phi) is 7.63. The van der Waals surface area contributed by atoms with E-state index in [9.17, 15) is 9.59 Å². The predicted octanol–water partition coefficient (Wildman–Crippen LogP) is 3.43. The zero-order chi connectivity index (χ0) is 19.8. The first-order valence-corrected chi connectivity index (χ1v) is 8.77. The average Bonchev–Trinajstić information content (AvgIpc) is 2.66. The Hall–Kier alpha value is -2.58. The number of rotatable bonds is 7. The molecule has 2 aromatic rings. The predicted molar refractivity (Wildman–Crippen MR) is 105 cm³/mol. The number of ether oxygens (including phenoxy) is 3. The number of amides is 1. The molecule has 0 saturated carbocycles. The lowest BCUT2D eigenvalue weighted by molar-refractivity contribution is -0.142. The highest BCUT2D eigenvalue weighted by Gasteiger charge is 2.13. The SMILES string of the molecule is COC(=O)COc1c(Br)cc(/C=N\NC(=O)c2ccc(Cl)cc2)cc1OC. The van der Waals surface area contributed by atoms with Gasteiger partial charge in [-0.2, -0.15) is 5.10 Å². The standard InChI is InChI=1S/C18H16BrClN2O5/c1-25-15-8-11(7-14(19)17(15)27-10-16(23)26-2)9-21-22-18(24)12-3-5-13(20)6-4-12/h3-9H,10H2,1-2H3,(H,22,24)/b21-9-. The number of benzene rings is 2. The van der Waals surface area contributed by atoms with Crippen LogP contribution < -0.4 is 14.9 Å². The first-order valence-electron chi connectivity index (χ1n) is 7.60. The number of carbonyl (C=O) groups excluding carboxylic acids is 2. The van der Waals surface area contributed by atoms with Crippen LogP contribution in [0.25, 0.3) is 0 Å². The molecule has 0 aliphatic heterocycles. The molecule has 0 bridgehead atoms. The molecule has 2 aromatic carbocycles. The van der Waals surface area contributed by atoms with Gasteiger partial charge in [0.2, 0.25) is 0 Å². The molecule has 0 atom stereocenters. The third kappa shape index (κ3) is 5.97. The van der Waals surface area contributed by atoms with Crippen molar-refractivity contribution in [2.45, 2.75) is 0 Å². The summed E-state index contributed by atoms with van der Waals surface area (Å²) in [6.07, 6.45) is 1.45. The number of halogens is 2. The van der Waals surface area contributed by atoms with Crippen molar-refractivity contribution >= 4 is 45.6 Å². The van der Waals surface area contributed by atoms with Gasteiger partial charge in [0, 0.05) is 10.6 Å². The fourth-order valence-electron chi connectivity index (χ4n) is 1.98. The van der Waals surface area contributed by atoms with Gasteiger partial charge in [0.05, 0.1) is 24.9 Å². The maximum absolute atomic E-state index is 12.0. The summed E-state index contributed by atoms with van der Waals surface area (Å²) in [7, 11) is 2.74. The minimum Gasteiger partial charge on any atom is -0.493 e. The van der Waals surface area contributed by atoms with Crippen LogP contribution in [0, 0.1) is 0 Å². The van der Waals surface area contributed by atoms with Gasteiger partial charge < -0.3 is 14.2 Å². The zero-order valence-corrected chi connectivity index (χ0v) is 16.8. The summed E-state index contributed by atoms with van der Waals surface area (Å²) in [5, 5.41) is 4.47. The number of methoxy groups -OCH3 is 2. The number of nitrogens with one attached hydrogen (secondary N) is 1. The van der Waals surface area contributed by atoms with E-state index in [1.54, 1.807) is 36.4 Å². The number of nitrogens with zero attached hydrogens (tertiary/aromatic N) is 1. The lowest BCUT2D eigenvalue weighted by Crippen LogP contribution is -2.17. The minimum absolute atomic E-state index is 0.254. The molecule has 0 radical (unpaired) electrons. The molecular weight excluding hydrogens is 440 g/mol. The summed E-state index contributed by atoms with van der Waals surface area (Å²) in [5.74, 6) is -0.143. The van der Waals surface area contributed by atoms with E-state index in [2.05, 4.69) is 31.2 Å². The van der Waals surface area contributed by atoms with Crippen molar-refractivity contribution in [2.75, 3.05) is 20.8 Å². The number of hydrazone groups is 1. The topological polar surface area (TPSA) is 86.2 Å². The number of hydrogen-bond acceptors (Lipinski definition) is 6. The summed E-state index contributed by atoms with van der Waals surface area (Å²) >= 11 is 9.15. The third-order valence-electron chi connectivity index (χ3n) is 3.30. The largest absolute Gasteiger partial charge is 0.493 e. The van der Waals surface area contributed by atoms with Crippen LogP contribution in [0.3, 0.4) is 0 Å². The van der Waals surface area contributed by atoms with Gasteiger partial charge in [-0.3, -0.25) is 4.79 Å². The Balaban J connectivity index is 2.08. The Bertz CT molecular complexity index is 856. The Morgan fingerprint density at radius 3 is 2.56 bits per heavy atom. The Morgan fingerprint density at radius 2 is 1.93 bits per heavy atom. The van der Waals surface area contributed by atoms with Crippen LogP contribution in [0.5, 0.6) is 11.5 Å². The summed E-state index contributed by atoms with van der Waals surface area (Å²) in [4.78, 5) is 23.2. The van der Waals surface area contributed by atoms with Crippen LogP contribution in [-0.4, -0.2) is 38.9 Å². The van der Waals surface area contributed by atoms with Gasteiger partial charge in [-0.15, -0.1) is 0 Å². The molecule has 2 rings (SSSR count). The third-order valence-corrected chi connectivity index (χ3v) is 4.14. The van der Waals surface area contributed by atoms with Crippen LogP contribution in [0.15, 0.2) is 46.0 Å². The molecule has 0 aliphatic carbocycles. The van der Waals surface area contributed by atoms with Crippen molar-refractivity contribution in [3.63, 3.8) is 0 Å². The second kappa shape index (κ2) is 9.94. The highest BCUT2D eigenvalue weighted by atomic mass is 79.9. The van der Waals surface area contributed by atoms with Gasteiger partial charge in [0.1, 0.15) is 0 Å². The van der Waals surface area contributed by atoms with Crippen LogP contribution in [-0.2, 0) is 9.53 Å². The molecule has 142 valence electrons. The van der Waals surface area contributed by atoms with Crippen LogP contribution in [0.4, 0.5) is 0 Å². The van der Waals surface area contributed by atoms with E-state index < -0.39 is 5.97 Å². The lowest BCUT2D eigenvalue weighted by atomic mass is 10.2. The van der Waals surface area contributed by atoms with Gasteiger partial charge in [-0.25, -0.2) is 10.2 Å². The molecule has 0 aliphatic rings. The zero-order valence-electron chi connectivity index (χ0n) is 14.5. The smallest absolute Gasteiger partial charge is 0.343 e. The fourth-order valence-corrected chi connectivity index (χ4v) is 2.68. The van der Waals surface area contributed by atoms with E-state index in [4.69, 9.17) is 21.1 Å². The maximum atomic E-state index is 12.0. The first kappa shape index (κ1) is 20.7. The van der Waals surface area contributed by atoms with E-state index in [1.807, 2.05) is 0 Å². The second-order valence-electron chi connectivity index (χ2n) is 5.10. The summed E-state index contributed by atoms with van der Waals surface area (Å²) in [6.45, 7) is -0.254. The van der Waals surface area contributed by atoms with Gasteiger partial charge >= 0.3 is 5.97 Å². The van der Waals surface area contributed by atoms with Crippen molar-refractivity contribution in [1.29, 1.82) is 0 Å². The van der Waals surface area contributed by atoms with E-state index in [0.29, 0.717) is 32.1 Å².